The number of thiophene rings is 1. The van der Waals surface area contributed by atoms with Crippen LogP contribution in [0.25, 0.3) is 22.3 Å². The second-order valence-electron chi connectivity index (χ2n) is 4.19. The minimum atomic E-state index is 0.449. The van der Waals surface area contributed by atoms with E-state index in [2.05, 4.69) is 15.3 Å². The Balaban J connectivity index is 2.23. The van der Waals surface area contributed by atoms with Crippen molar-refractivity contribution in [1.82, 2.24) is 9.97 Å². The molecular formula is C14H11ClN2OS. The van der Waals surface area contributed by atoms with Crippen LogP contribution in [0.15, 0.2) is 29.0 Å². The molecule has 3 rings (SSSR count). The van der Waals surface area contributed by atoms with Gasteiger partial charge in [0.15, 0.2) is 5.82 Å². The lowest BCUT2D eigenvalue weighted by Gasteiger charge is -2.06. The number of fused-ring (bicyclic) bond motifs is 1. The van der Waals surface area contributed by atoms with Crippen molar-refractivity contribution >= 4 is 33.8 Å². The SMILES string of the molecule is COc1ccc2nc(-c3cscc3C)nc(Cl)c2c1. The van der Waals surface area contributed by atoms with Crippen LogP contribution in [0.2, 0.25) is 5.15 Å². The van der Waals surface area contributed by atoms with Gasteiger partial charge >= 0.3 is 0 Å². The van der Waals surface area contributed by atoms with Crippen LogP contribution in [0.4, 0.5) is 0 Å². The molecule has 0 aliphatic rings. The summed E-state index contributed by atoms with van der Waals surface area (Å²) >= 11 is 7.89. The molecule has 0 N–H and O–H groups in total. The molecule has 3 nitrogen and oxygen atoms in total. The lowest BCUT2D eigenvalue weighted by molar-refractivity contribution is 0.415. The van der Waals surface area contributed by atoms with Crippen molar-refractivity contribution in [3.8, 4) is 17.1 Å². The number of rotatable bonds is 2. The van der Waals surface area contributed by atoms with Crippen molar-refractivity contribution in [2.24, 2.45) is 0 Å². The van der Waals surface area contributed by atoms with Gasteiger partial charge in [-0.25, -0.2) is 9.97 Å². The van der Waals surface area contributed by atoms with Gasteiger partial charge in [-0.3, -0.25) is 0 Å². The number of benzene rings is 1. The average molecular weight is 291 g/mol. The van der Waals surface area contributed by atoms with Crippen LogP contribution in [0.3, 0.4) is 0 Å². The van der Waals surface area contributed by atoms with Crippen molar-refractivity contribution in [3.05, 3.63) is 39.7 Å². The predicted molar refractivity (Wildman–Crippen MR) is 79.2 cm³/mol. The Morgan fingerprint density at radius 2 is 2.05 bits per heavy atom. The van der Waals surface area contributed by atoms with Gasteiger partial charge < -0.3 is 4.74 Å². The van der Waals surface area contributed by atoms with Gasteiger partial charge in [-0.05, 0) is 36.1 Å². The Kier molecular flexibility index (Phi) is 3.12. The fourth-order valence-electron chi connectivity index (χ4n) is 1.91. The summed E-state index contributed by atoms with van der Waals surface area (Å²) in [5.74, 6) is 1.42. The topological polar surface area (TPSA) is 35.0 Å². The Bertz CT molecular complexity index is 754. The summed E-state index contributed by atoms with van der Waals surface area (Å²) in [5, 5.41) is 5.36. The summed E-state index contributed by atoms with van der Waals surface area (Å²) < 4.78 is 5.19. The smallest absolute Gasteiger partial charge is 0.162 e. The molecule has 2 aromatic heterocycles. The molecule has 0 fully saturated rings. The van der Waals surface area contributed by atoms with Crippen LogP contribution >= 0.6 is 22.9 Å². The molecule has 0 amide bonds. The van der Waals surface area contributed by atoms with E-state index in [0.29, 0.717) is 11.0 Å². The van der Waals surface area contributed by atoms with Crippen LogP contribution in [0.5, 0.6) is 5.75 Å². The third kappa shape index (κ3) is 2.17. The van der Waals surface area contributed by atoms with Crippen LogP contribution < -0.4 is 4.74 Å². The average Bonchev–Trinajstić information content (AvgIpc) is 2.84. The highest BCUT2D eigenvalue weighted by Gasteiger charge is 2.11. The molecule has 2 heterocycles. The Labute approximate surface area is 119 Å². The number of hydrogen-bond acceptors (Lipinski definition) is 4. The zero-order valence-corrected chi connectivity index (χ0v) is 12.0. The highest BCUT2D eigenvalue weighted by molar-refractivity contribution is 7.08. The molecule has 0 saturated carbocycles. The first kappa shape index (κ1) is 12.4. The zero-order valence-electron chi connectivity index (χ0n) is 10.5. The molecule has 1 aromatic carbocycles. The Morgan fingerprint density at radius 3 is 2.74 bits per heavy atom. The standard InChI is InChI=1S/C14H11ClN2OS/c1-8-6-19-7-11(8)14-16-12-4-3-9(18-2)5-10(12)13(15)17-14/h3-7H,1-2H3. The molecule has 0 saturated heterocycles. The molecule has 0 spiro atoms. The van der Waals surface area contributed by atoms with E-state index in [4.69, 9.17) is 16.3 Å². The highest BCUT2D eigenvalue weighted by atomic mass is 35.5. The van der Waals surface area contributed by atoms with Gasteiger partial charge in [0, 0.05) is 16.3 Å². The molecule has 19 heavy (non-hydrogen) atoms. The maximum absolute atomic E-state index is 6.26. The summed E-state index contributed by atoms with van der Waals surface area (Å²) in [6, 6.07) is 5.62. The quantitative estimate of drug-likeness (QED) is 0.659. The summed E-state index contributed by atoms with van der Waals surface area (Å²) in [7, 11) is 1.62. The van der Waals surface area contributed by atoms with Gasteiger partial charge in [0.25, 0.3) is 0 Å². The van der Waals surface area contributed by atoms with E-state index in [1.807, 2.05) is 30.5 Å². The molecule has 0 aliphatic heterocycles. The van der Waals surface area contributed by atoms with E-state index < -0.39 is 0 Å². The van der Waals surface area contributed by atoms with Gasteiger partial charge in [-0.2, -0.15) is 11.3 Å². The van der Waals surface area contributed by atoms with E-state index in [1.54, 1.807) is 18.4 Å². The first-order valence-corrected chi connectivity index (χ1v) is 7.05. The number of nitrogens with zero attached hydrogens (tertiary/aromatic N) is 2. The van der Waals surface area contributed by atoms with Gasteiger partial charge in [0.2, 0.25) is 0 Å². The lowest BCUT2D eigenvalue weighted by atomic mass is 10.2. The lowest BCUT2D eigenvalue weighted by Crippen LogP contribution is -1.93. The number of hydrogen-bond donors (Lipinski definition) is 0. The van der Waals surface area contributed by atoms with Crippen molar-refractivity contribution in [2.75, 3.05) is 7.11 Å². The molecule has 0 bridgehead atoms. The number of methoxy groups -OCH3 is 1. The summed E-state index contributed by atoms with van der Waals surface area (Å²) in [5.41, 5.74) is 3.01. The minimum absolute atomic E-state index is 0.449. The predicted octanol–water partition coefficient (Wildman–Crippen LogP) is 4.33. The van der Waals surface area contributed by atoms with E-state index in [0.717, 1.165) is 27.8 Å². The van der Waals surface area contributed by atoms with Crippen molar-refractivity contribution in [1.29, 1.82) is 0 Å². The van der Waals surface area contributed by atoms with Gasteiger partial charge in [0.05, 0.1) is 12.6 Å². The molecule has 3 aromatic rings. The van der Waals surface area contributed by atoms with Crippen LogP contribution in [-0.4, -0.2) is 17.1 Å². The highest BCUT2D eigenvalue weighted by Crippen LogP contribution is 2.30. The molecule has 0 radical (unpaired) electrons. The maximum Gasteiger partial charge on any atom is 0.162 e. The Morgan fingerprint density at radius 1 is 1.21 bits per heavy atom. The van der Waals surface area contributed by atoms with Gasteiger partial charge in [0.1, 0.15) is 10.9 Å². The third-order valence-electron chi connectivity index (χ3n) is 2.95. The minimum Gasteiger partial charge on any atom is -0.497 e. The number of aryl methyl sites for hydroxylation is 1. The number of ether oxygens (including phenoxy) is 1. The Hall–Kier alpha value is -1.65. The fourth-order valence-corrected chi connectivity index (χ4v) is 2.97. The van der Waals surface area contributed by atoms with Crippen LogP contribution in [-0.2, 0) is 0 Å². The first-order valence-electron chi connectivity index (χ1n) is 5.73. The van der Waals surface area contributed by atoms with E-state index in [-0.39, 0.29) is 0 Å². The van der Waals surface area contributed by atoms with Gasteiger partial charge in [-0.1, -0.05) is 11.6 Å². The molecule has 96 valence electrons. The second kappa shape index (κ2) is 4.79. The molecule has 0 aliphatic carbocycles. The normalized spacial score (nSPS) is 10.9. The van der Waals surface area contributed by atoms with Crippen molar-refractivity contribution < 1.29 is 4.74 Å². The summed E-state index contributed by atoms with van der Waals surface area (Å²) in [4.78, 5) is 8.96. The first-order chi connectivity index (χ1) is 9.19. The van der Waals surface area contributed by atoms with E-state index in [9.17, 15) is 0 Å². The molecule has 0 unspecified atom stereocenters. The summed E-state index contributed by atoms with van der Waals surface area (Å²) in [6.45, 7) is 2.04. The second-order valence-corrected chi connectivity index (χ2v) is 5.29. The molecular weight excluding hydrogens is 280 g/mol. The van der Waals surface area contributed by atoms with E-state index in [1.165, 1.54) is 0 Å². The molecule has 0 atom stereocenters. The monoisotopic (exact) mass is 290 g/mol. The number of aromatic nitrogens is 2. The maximum atomic E-state index is 6.26. The van der Waals surface area contributed by atoms with Crippen molar-refractivity contribution in [2.45, 2.75) is 6.92 Å². The third-order valence-corrected chi connectivity index (χ3v) is 4.10. The zero-order chi connectivity index (χ0) is 13.4. The number of halogens is 1. The van der Waals surface area contributed by atoms with Gasteiger partial charge in [-0.15, -0.1) is 0 Å². The van der Waals surface area contributed by atoms with Crippen molar-refractivity contribution in [3.63, 3.8) is 0 Å². The van der Waals surface area contributed by atoms with E-state index >= 15 is 0 Å². The molecule has 5 heteroatoms. The fraction of sp³-hybridized carbons (Fsp3) is 0.143. The van der Waals surface area contributed by atoms with Crippen LogP contribution in [0, 0.1) is 6.92 Å². The van der Waals surface area contributed by atoms with Crippen LogP contribution in [0.1, 0.15) is 5.56 Å². The summed E-state index contributed by atoms with van der Waals surface area (Å²) in [6.07, 6.45) is 0. The largest absolute Gasteiger partial charge is 0.497 e.